The molecule has 1 N–H and O–H groups in total. The number of fused-ring (bicyclic) bond motifs is 1. The van der Waals surface area contributed by atoms with Crippen LogP contribution in [0, 0.1) is 5.92 Å². The Kier molecular flexibility index (Phi) is 2.17. The Morgan fingerprint density at radius 1 is 1.33 bits per heavy atom. The molecule has 1 atom stereocenters. The molecule has 1 saturated carbocycles. The largest absolute Gasteiger partial charge is 0.497 e. The smallest absolute Gasteiger partial charge is 0.119 e. The maximum absolute atomic E-state index is 5.27. The lowest BCUT2D eigenvalue weighted by atomic mass is 9.91. The highest BCUT2D eigenvalue weighted by molar-refractivity contribution is 5.39. The lowest BCUT2D eigenvalue weighted by Gasteiger charge is -2.27. The summed E-state index contributed by atoms with van der Waals surface area (Å²) in [7, 11) is 1.74. The Labute approximate surface area is 90.6 Å². The van der Waals surface area contributed by atoms with E-state index in [2.05, 4.69) is 23.5 Å². The second-order valence-corrected chi connectivity index (χ2v) is 4.58. The van der Waals surface area contributed by atoms with Crippen LogP contribution in [0.15, 0.2) is 18.2 Å². The van der Waals surface area contributed by atoms with Gasteiger partial charge in [-0.05, 0) is 55.0 Å². The van der Waals surface area contributed by atoms with E-state index < -0.39 is 0 Å². The second kappa shape index (κ2) is 3.53. The lowest BCUT2D eigenvalue weighted by molar-refractivity contribution is 0.410. The van der Waals surface area contributed by atoms with Gasteiger partial charge in [0, 0.05) is 6.04 Å². The van der Waals surface area contributed by atoms with Gasteiger partial charge in [0.2, 0.25) is 0 Å². The normalized spacial score (nSPS) is 24.7. The average Bonchev–Trinajstić information content (AvgIpc) is 3.11. The first-order valence-electron chi connectivity index (χ1n) is 5.78. The molecule has 1 aliphatic carbocycles. The summed E-state index contributed by atoms with van der Waals surface area (Å²) in [5.74, 6) is 1.88. The molecule has 0 aromatic heterocycles. The van der Waals surface area contributed by atoms with Crippen molar-refractivity contribution in [2.45, 2.75) is 25.3 Å². The van der Waals surface area contributed by atoms with Crippen LogP contribution in [0.3, 0.4) is 0 Å². The average molecular weight is 203 g/mol. The van der Waals surface area contributed by atoms with E-state index in [4.69, 9.17) is 4.74 Å². The summed E-state index contributed by atoms with van der Waals surface area (Å²) in [5.41, 5.74) is 2.98. The number of benzene rings is 1. The molecule has 3 rings (SSSR count). The van der Waals surface area contributed by atoms with Gasteiger partial charge in [0.15, 0.2) is 0 Å². The van der Waals surface area contributed by atoms with Gasteiger partial charge in [-0.3, -0.25) is 0 Å². The van der Waals surface area contributed by atoms with Crippen molar-refractivity contribution in [2.75, 3.05) is 13.7 Å². The monoisotopic (exact) mass is 203 g/mol. The first-order chi connectivity index (χ1) is 7.38. The van der Waals surface area contributed by atoms with Crippen LogP contribution in [0.25, 0.3) is 0 Å². The molecule has 80 valence electrons. The number of methoxy groups -OCH3 is 1. The van der Waals surface area contributed by atoms with Gasteiger partial charge in [0.05, 0.1) is 7.11 Å². The van der Waals surface area contributed by atoms with Crippen molar-refractivity contribution < 1.29 is 4.74 Å². The predicted molar refractivity (Wildman–Crippen MR) is 60.2 cm³/mol. The van der Waals surface area contributed by atoms with E-state index in [9.17, 15) is 0 Å². The summed E-state index contributed by atoms with van der Waals surface area (Å²) < 4.78 is 5.27. The van der Waals surface area contributed by atoms with E-state index in [0.717, 1.165) is 24.6 Å². The fraction of sp³-hybridized carbons (Fsp3) is 0.538. The van der Waals surface area contributed by atoms with Crippen molar-refractivity contribution >= 4 is 0 Å². The third-order valence-electron chi connectivity index (χ3n) is 3.54. The van der Waals surface area contributed by atoms with Gasteiger partial charge in [-0.25, -0.2) is 0 Å². The van der Waals surface area contributed by atoms with Crippen LogP contribution in [0.1, 0.15) is 30.0 Å². The highest BCUT2D eigenvalue weighted by Crippen LogP contribution is 2.43. The van der Waals surface area contributed by atoms with Crippen molar-refractivity contribution in [3.63, 3.8) is 0 Å². The van der Waals surface area contributed by atoms with Crippen molar-refractivity contribution in [3.8, 4) is 5.75 Å². The molecule has 1 aromatic rings. The van der Waals surface area contributed by atoms with Crippen LogP contribution in [0.4, 0.5) is 0 Å². The van der Waals surface area contributed by atoms with E-state index >= 15 is 0 Å². The Balaban J connectivity index is 1.96. The molecule has 1 fully saturated rings. The topological polar surface area (TPSA) is 21.3 Å². The Bertz CT molecular complexity index is 371. The van der Waals surface area contributed by atoms with Crippen LogP contribution in [0.2, 0.25) is 0 Å². The van der Waals surface area contributed by atoms with Crippen molar-refractivity contribution in [1.29, 1.82) is 0 Å². The summed E-state index contributed by atoms with van der Waals surface area (Å²) in [4.78, 5) is 0. The van der Waals surface area contributed by atoms with Crippen LogP contribution >= 0.6 is 0 Å². The third-order valence-corrected chi connectivity index (χ3v) is 3.54. The predicted octanol–water partition coefficient (Wildman–Crippen LogP) is 2.29. The molecule has 1 unspecified atom stereocenters. The van der Waals surface area contributed by atoms with E-state index in [1.807, 2.05) is 0 Å². The molecule has 1 heterocycles. The first-order valence-corrected chi connectivity index (χ1v) is 5.78. The molecular formula is C13H17NO. The molecular weight excluding hydrogens is 186 g/mol. The summed E-state index contributed by atoms with van der Waals surface area (Å²) in [5, 5.41) is 3.63. The number of rotatable bonds is 2. The quantitative estimate of drug-likeness (QED) is 0.796. The van der Waals surface area contributed by atoms with E-state index in [-0.39, 0.29) is 0 Å². The highest BCUT2D eigenvalue weighted by Gasteiger charge is 2.34. The van der Waals surface area contributed by atoms with E-state index in [0.29, 0.717) is 6.04 Å². The minimum Gasteiger partial charge on any atom is -0.497 e. The molecule has 0 radical (unpaired) electrons. The summed E-state index contributed by atoms with van der Waals surface area (Å²) in [6.07, 6.45) is 3.92. The number of hydrogen-bond donors (Lipinski definition) is 1. The Hall–Kier alpha value is -1.02. The number of hydrogen-bond acceptors (Lipinski definition) is 2. The van der Waals surface area contributed by atoms with Gasteiger partial charge >= 0.3 is 0 Å². The van der Waals surface area contributed by atoms with Gasteiger partial charge in [-0.1, -0.05) is 6.07 Å². The van der Waals surface area contributed by atoms with Crippen LogP contribution in [-0.4, -0.2) is 13.7 Å². The van der Waals surface area contributed by atoms with Gasteiger partial charge < -0.3 is 10.1 Å². The molecule has 2 heteroatoms. The van der Waals surface area contributed by atoms with E-state index in [1.165, 1.54) is 24.0 Å². The molecule has 2 nitrogen and oxygen atoms in total. The van der Waals surface area contributed by atoms with Gasteiger partial charge in [0.25, 0.3) is 0 Å². The molecule has 0 saturated heterocycles. The zero-order valence-corrected chi connectivity index (χ0v) is 9.12. The van der Waals surface area contributed by atoms with Gasteiger partial charge in [-0.15, -0.1) is 0 Å². The maximum Gasteiger partial charge on any atom is 0.119 e. The van der Waals surface area contributed by atoms with Crippen molar-refractivity contribution in [3.05, 3.63) is 29.3 Å². The second-order valence-electron chi connectivity index (χ2n) is 4.58. The first kappa shape index (κ1) is 9.22. The maximum atomic E-state index is 5.27. The minimum atomic E-state index is 0.611. The fourth-order valence-corrected chi connectivity index (χ4v) is 2.55. The SMILES string of the molecule is COc1ccc2c(c1)CCNC2C1CC1. The molecule has 1 aliphatic heterocycles. The molecule has 0 amide bonds. The molecule has 0 bridgehead atoms. The number of ether oxygens (including phenoxy) is 1. The fourth-order valence-electron chi connectivity index (χ4n) is 2.55. The molecule has 2 aliphatic rings. The minimum absolute atomic E-state index is 0.611. The Morgan fingerprint density at radius 3 is 2.93 bits per heavy atom. The standard InChI is InChI=1S/C13H17NO/c1-15-11-4-5-12-10(8-11)6-7-14-13(12)9-2-3-9/h4-5,8-9,13-14H,2-3,6-7H2,1H3. The highest BCUT2D eigenvalue weighted by atomic mass is 16.5. The molecule has 1 aromatic carbocycles. The van der Waals surface area contributed by atoms with Crippen LogP contribution in [-0.2, 0) is 6.42 Å². The van der Waals surface area contributed by atoms with E-state index in [1.54, 1.807) is 7.11 Å². The zero-order valence-electron chi connectivity index (χ0n) is 9.12. The third kappa shape index (κ3) is 1.63. The van der Waals surface area contributed by atoms with Crippen LogP contribution in [0.5, 0.6) is 5.75 Å². The zero-order chi connectivity index (χ0) is 10.3. The summed E-state index contributed by atoms with van der Waals surface area (Å²) in [6, 6.07) is 7.13. The summed E-state index contributed by atoms with van der Waals surface area (Å²) >= 11 is 0. The van der Waals surface area contributed by atoms with Crippen LogP contribution < -0.4 is 10.1 Å². The lowest BCUT2D eigenvalue weighted by Crippen LogP contribution is -2.31. The molecule has 0 spiro atoms. The summed E-state index contributed by atoms with van der Waals surface area (Å²) in [6.45, 7) is 1.11. The Morgan fingerprint density at radius 2 is 2.20 bits per heavy atom. The van der Waals surface area contributed by atoms with Crippen molar-refractivity contribution in [1.82, 2.24) is 5.32 Å². The molecule has 15 heavy (non-hydrogen) atoms. The van der Waals surface area contributed by atoms with Crippen molar-refractivity contribution in [2.24, 2.45) is 5.92 Å². The van der Waals surface area contributed by atoms with Gasteiger partial charge in [0.1, 0.15) is 5.75 Å². The van der Waals surface area contributed by atoms with Gasteiger partial charge in [-0.2, -0.15) is 0 Å². The number of nitrogens with one attached hydrogen (secondary N) is 1.